The van der Waals surface area contributed by atoms with Crippen molar-refractivity contribution in [1.82, 2.24) is 5.32 Å². The number of rotatable bonds is 44. The molecule has 56 heavy (non-hydrogen) atoms. The van der Waals surface area contributed by atoms with Gasteiger partial charge in [-0.15, -0.1) is 0 Å². The van der Waals surface area contributed by atoms with Crippen LogP contribution in [0, 0.1) is 0 Å². The maximum absolute atomic E-state index is 12.1. The minimum Gasteiger partial charge on any atom is -0.463 e. The third kappa shape index (κ3) is 43.6. The van der Waals surface area contributed by atoms with Crippen molar-refractivity contribution in [3.8, 4) is 0 Å². The summed E-state index contributed by atoms with van der Waals surface area (Å²) in [6.45, 7) is 3.56. The van der Waals surface area contributed by atoms with Gasteiger partial charge in [-0.2, -0.15) is 0 Å². The molecule has 0 fully saturated rings. The van der Waals surface area contributed by atoms with Crippen molar-refractivity contribution >= 4 is 19.7 Å². The molecule has 0 spiro atoms. The quantitative estimate of drug-likeness (QED) is 0.0240. The van der Waals surface area contributed by atoms with E-state index in [1.165, 1.54) is 154 Å². The summed E-state index contributed by atoms with van der Waals surface area (Å²) in [5, 5.41) is 12.7. The molecule has 0 bridgehead atoms. The summed E-state index contributed by atoms with van der Waals surface area (Å²) in [4.78, 5) is 34.0. The van der Waals surface area contributed by atoms with Crippen molar-refractivity contribution in [2.24, 2.45) is 0 Å². The Bertz CT molecular complexity index is 975. The molecule has 0 aliphatic rings. The number of hydrogen-bond acceptors (Lipinski definition) is 7. The van der Waals surface area contributed by atoms with E-state index in [0.29, 0.717) is 6.42 Å². The minimum absolute atomic E-state index is 0.0816. The summed E-state index contributed by atoms with van der Waals surface area (Å²) in [7, 11) is -4.42. The van der Waals surface area contributed by atoms with Crippen LogP contribution >= 0.6 is 7.82 Å². The molecule has 0 radical (unpaired) electrons. The maximum Gasteiger partial charge on any atom is 0.472 e. The van der Waals surface area contributed by atoms with Gasteiger partial charge in [0.15, 0.2) is 0 Å². The number of carbonyl (C=O) groups excluding carboxylic acids is 2. The topological polar surface area (TPSA) is 131 Å². The number of allylic oxidation sites excluding steroid dienone is 4. The van der Waals surface area contributed by atoms with Crippen molar-refractivity contribution in [2.45, 2.75) is 232 Å². The molecular formula is C46H88NO8P. The predicted molar refractivity (Wildman–Crippen MR) is 234 cm³/mol. The molecule has 0 rings (SSSR count). The standard InChI is InChI=1S/C46H88NO8P/c1-3-5-7-9-11-13-15-17-19-21-22-23-24-26-28-30-32-34-36-38-45(49)47-40-41-54-56(51,52)55-43-44(48)42-53-46(50)39-37-35-33-31-29-27-25-20-18-16-14-12-10-8-6-4-2/h11,13,17,19,44,48H,3-10,12,14-16,18,20-43H2,1-2H3,(H,47,49)(H,51,52)/b13-11-,19-17-. The van der Waals surface area contributed by atoms with E-state index in [0.717, 1.165) is 44.9 Å². The summed E-state index contributed by atoms with van der Waals surface area (Å²) in [5.41, 5.74) is 0. The van der Waals surface area contributed by atoms with E-state index in [9.17, 15) is 24.2 Å². The van der Waals surface area contributed by atoms with Gasteiger partial charge in [-0.05, 0) is 44.9 Å². The van der Waals surface area contributed by atoms with E-state index in [-0.39, 0.29) is 32.1 Å². The number of nitrogens with one attached hydrogen (secondary N) is 1. The molecule has 0 aromatic rings. The first-order valence-electron chi connectivity index (χ1n) is 23.3. The lowest BCUT2D eigenvalue weighted by molar-refractivity contribution is -0.147. The average Bonchev–Trinajstić information content (AvgIpc) is 3.18. The smallest absolute Gasteiger partial charge is 0.463 e. The molecule has 0 aromatic carbocycles. The number of hydrogen-bond donors (Lipinski definition) is 3. The second kappa shape index (κ2) is 43.1. The summed E-state index contributed by atoms with van der Waals surface area (Å²) in [6.07, 6.45) is 46.8. The number of ether oxygens (including phenoxy) is 1. The van der Waals surface area contributed by atoms with Crippen LogP contribution in [0.15, 0.2) is 24.3 Å². The molecule has 0 saturated heterocycles. The highest BCUT2D eigenvalue weighted by Gasteiger charge is 2.23. The van der Waals surface area contributed by atoms with Gasteiger partial charge in [0.05, 0.1) is 13.2 Å². The first kappa shape index (κ1) is 54.5. The molecule has 3 N–H and O–H groups in total. The molecule has 2 unspecified atom stereocenters. The molecule has 0 aliphatic carbocycles. The van der Waals surface area contributed by atoms with E-state index >= 15 is 0 Å². The molecule has 10 heteroatoms. The molecule has 330 valence electrons. The Labute approximate surface area is 344 Å². The van der Waals surface area contributed by atoms with Crippen LogP contribution in [0.4, 0.5) is 0 Å². The van der Waals surface area contributed by atoms with Gasteiger partial charge in [0.25, 0.3) is 0 Å². The fourth-order valence-electron chi connectivity index (χ4n) is 6.59. The number of esters is 1. The first-order chi connectivity index (χ1) is 27.3. The normalized spacial score (nSPS) is 13.4. The van der Waals surface area contributed by atoms with Gasteiger partial charge in [-0.25, -0.2) is 4.57 Å². The van der Waals surface area contributed by atoms with Crippen LogP contribution in [0.1, 0.15) is 226 Å². The van der Waals surface area contributed by atoms with Crippen LogP contribution in [0.5, 0.6) is 0 Å². The Morgan fingerprint density at radius 1 is 0.554 bits per heavy atom. The summed E-state index contributed by atoms with van der Waals surface area (Å²) >= 11 is 0. The number of carbonyl (C=O) groups is 2. The lowest BCUT2D eigenvalue weighted by Crippen LogP contribution is -2.27. The van der Waals surface area contributed by atoms with Crippen molar-refractivity contribution in [1.29, 1.82) is 0 Å². The lowest BCUT2D eigenvalue weighted by Gasteiger charge is -2.15. The van der Waals surface area contributed by atoms with Crippen LogP contribution in [-0.4, -0.2) is 54.3 Å². The van der Waals surface area contributed by atoms with Gasteiger partial charge in [-0.1, -0.05) is 192 Å². The Hall–Kier alpha value is -1.51. The van der Waals surface area contributed by atoms with Gasteiger partial charge in [-0.3, -0.25) is 18.6 Å². The van der Waals surface area contributed by atoms with Gasteiger partial charge >= 0.3 is 13.8 Å². The first-order valence-corrected chi connectivity index (χ1v) is 24.8. The Morgan fingerprint density at radius 2 is 0.964 bits per heavy atom. The molecule has 0 heterocycles. The average molecular weight is 814 g/mol. The molecule has 0 aliphatic heterocycles. The zero-order valence-electron chi connectivity index (χ0n) is 36.3. The number of unbranched alkanes of at least 4 members (excludes halogenated alkanes) is 27. The second-order valence-electron chi connectivity index (χ2n) is 15.7. The number of phosphoric acid groups is 1. The number of aliphatic hydroxyl groups excluding tert-OH is 1. The van der Waals surface area contributed by atoms with E-state index < -0.39 is 26.5 Å². The maximum atomic E-state index is 12.1. The molecule has 2 atom stereocenters. The van der Waals surface area contributed by atoms with Crippen LogP contribution < -0.4 is 5.32 Å². The van der Waals surface area contributed by atoms with Crippen LogP contribution in [0.3, 0.4) is 0 Å². The Kier molecular flexibility index (Phi) is 41.9. The largest absolute Gasteiger partial charge is 0.472 e. The highest BCUT2D eigenvalue weighted by atomic mass is 31.2. The molecule has 9 nitrogen and oxygen atoms in total. The number of amides is 1. The van der Waals surface area contributed by atoms with E-state index in [1.807, 2.05) is 0 Å². The van der Waals surface area contributed by atoms with Crippen molar-refractivity contribution in [2.75, 3.05) is 26.4 Å². The zero-order valence-corrected chi connectivity index (χ0v) is 37.2. The SMILES string of the molecule is CCCCC/C=C\C/C=C\CCCCCCCCCCCC(=O)NCCOP(=O)(O)OCC(O)COC(=O)CCCCCCCCCCCCCCCCCC. The van der Waals surface area contributed by atoms with Crippen molar-refractivity contribution in [3.05, 3.63) is 24.3 Å². The fourth-order valence-corrected chi connectivity index (χ4v) is 7.35. The third-order valence-electron chi connectivity index (χ3n) is 10.1. The van der Waals surface area contributed by atoms with E-state index in [4.69, 9.17) is 13.8 Å². The minimum atomic E-state index is -4.42. The van der Waals surface area contributed by atoms with Gasteiger partial charge in [0, 0.05) is 19.4 Å². The van der Waals surface area contributed by atoms with E-state index in [1.54, 1.807) is 0 Å². The number of phosphoric ester groups is 1. The monoisotopic (exact) mass is 814 g/mol. The Morgan fingerprint density at radius 3 is 1.46 bits per heavy atom. The summed E-state index contributed by atoms with van der Waals surface area (Å²) in [5.74, 6) is -0.512. The van der Waals surface area contributed by atoms with Gasteiger partial charge < -0.3 is 20.1 Å². The molecular weight excluding hydrogens is 725 g/mol. The third-order valence-corrected chi connectivity index (χ3v) is 11.1. The van der Waals surface area contributed by atoms with Crippen LogP contribution in [0.2, 0.25) is 0 Å². The van der Waals surface area contributed by atoms with Crippen LogP contribution in [-0.2, 0) is 27.9 Å². The van der Waals surface area contributed by atoms with Crippen LogP contribution in [0.25, 0.3) is 0 Å². The summed E-state index contributed by atoms with van der Waals surface area (Å²) < 4.78 is 26.9. The summed E-state index contributed by atoms with van der Waals surface area (Å²) in [6, 6.07) is 0. The molecule has 0 aromatic heterocycles. The molecule has 1 amide bonds. The second-order valence-corrected chi connectivity index (χ2v) is 17.2. The molecule has 0 saturated carbocycles. The van der Waals surface area contributed by atoms with Gasteiger partial charge in [0.2, 0.25) is 5.91 Å². The van der Waals surface area contributed by atoms with Crippen molar-refractivity contribution < 1.29 is 37.9 Å². The predicted octanol–water partition coefficient (Wildman–Crippen LogP) is 13.2. The van der Waals surface area contributed by atoms with Gasteiger partial charge in [0.1, 0.15) is 12.7 Å². The lowest BCUT2D eigenvalue weighted by atomic mass is 10.0. The van der Waals surface area contributed by atoms with Crippen molar-refractivity contribution in [3.63, 3.8) is 0 Å². The highest BCUT2D eigenvalue weighted by Crippen LogP contribution is 2.42. The fraction of sp³-hybridized carbons (Fsp3) is 0.870. The Balaban J connectivity index is 3.56. The van der Waals surface area contributed by atoms with E-state index in [2.05, 4.69) is 43.5 Å². The highest BCUT2D eigenvalue weighted by molar-refractivity contribution is 7.47. The number of aliphatic hydroxyl groups is 1. The zero-order chi connectivity index (χ0) is 41.1.